The number of H-pyrrole nitrogens is 1. The van der Waals surface area contributed by atoms with Crippen LogP contribution in [0.2, 0.25) is 0 Å². The lowest BCUT2D eigenvalue weighted by Gasteiger charge is -2.16. The van der Waals surface area contributed by atoms with E-state index in [1.54, 1.807) is 12.1 Å². The van der Waals surface area contributed by atoms with Gasteiger partial charge in [0.25, 0.3) is 5.91 Å². The van der Waals surface area contributed by atoms with Crippen molar-refractivity contribution in [3.8, 4) is 17.0 Å². The van der Waals surface area contributed by atoms with Crippen LogP contribution in [0.3, 0.4) is 0 Å². The highest BCUT2D eigenvalue weighted by Gasteiger charge is 2.26. The Balaban J connectivity index is 1.38. The molecule has 0 spiro atoms. The van der Waals surface area contributed by atoms with Gasteiger partial charge in [0.1, 0.15) is 5.82 Å². The summed E-state index contributed by atoms with van der Waals surface area (Å²) in [4.78, 5) is 14.5. The Bertz CT molecular complexity index is 1020. The molecular formula is C21H20F2N4O2. The number of benzene rings is 2. The number of anilines is 1. The minimum atomic E-state index is -0.571. The average molecular weight is 398 g/mol. The maximum absolute atomic E-state index is 13.8. The predicted octanol–water partition coefficient (Wildman–Crippen LogP) is 3.37. The minimum absolute atomic E-state index is 0.0707. The van der Waals surface area contributed by atoms with Crippen LogP contribution in [0.5, 0.6) is 5.75 Å². The highest BCUT2D eigenvalue weighted by atomic mass is 19.1. The van der Waals surface area contributed by atoms with Gasteiger partial charge in [-0.1, -0.05) is 0 Å². The summed E-state index contributed by atoms with van der Waals surface area (Å²) in [5.74, 6) is -0.325. The van der Waals surface area contributed by atoms with Crippen molar-refractivity contribution >= 4 is 11.7 Å². The van der Waals surface area contributed by atoms with E-state index >= 15 is 0 Å². The minimum Gasteiger partial charge on any atom is -0.494 e. The molecule has 1 atom stereocenters. The molecule has 1 aliphatic rings. The van der Waals surface area contributed by atoms with Crippen LogP contribution in [0.25, 0.3) is 11.3 Å². The largest absolute Gasteiger partial charge is 0.494 e. The third-order valence-electron chi connectivity index (χ3n) is 4.98. The Hall–Kier alpha value is -3.42. The number of carbonyl (C=O) groups excluding carboxylic acids is 1. The maximum Gasteiger partial charge on any atom is 0.251 e. The van der Waals surface area contributed by atoms with Crippen molar-refractivity contribution in [2.75, 3.05) is 25.1 Å². The summed E-state index contributed by atoms with van der Waals surface area (Å²) in [6.07, 6.45) is 0.753. The fraction of sp³-hybridized carbons (Fsp3) is 0.238. The van der Waals surface area contributed by atoms with E-state index in [0.29, 0.717) is 6.54 Å². The molecule has 150 valence electrons. The Labute approximate surface area is 166 Å². The summed E-state index contributed by atoms with van der Waals surface area (Å²) in [6.45, 7) is 1.33. The number of methoxy groups -OCH3 is 1. The number of ether oxygens (including phenoxy) is 1. The summed E-state index contributed by atoms with van der Waals surface area (Å²) < 4.78 is 31.8. The topological polar surface area (TPSA) is 70.2 Å². The van der Waals surface area contributed by atoms with Crippen molar-refractivity contribution in [3.63, 3.8) is 0 Å². The van der Waals surface area contributed by atoms with Crippen LogP contribution in [0.1, 0.15) is 16.8 Å². The highest BCUT2D eigenvalue weighted by Crippen LogP contribution is 2.25. The van der Waals surface area contributed by atoms with Crippen molar-refractivity contribution in [2.24, 2.45) is 0 Å². The fourth-order valence-corrected chi connectivity index (χ4v) is 3.41. The zero-order chi connectivity index (χ0) is 20.4. The van der Waals surface area contributed by atoms with Crippen molar-refractivity contribution in [1.82, 2.24) is 15.5 Å². The molecule has 2 aromatic carbocycles. The molecule has 1 aliphatic heterocycles. The normalized spacial score (nSPS) is 16.1. The molecule has 2 N–H and O–H groups in total. The van der Waals surface area contributed by atoms with Crippen LogP contribution in [0, 0.1) is 11.6 Å². The van der Waals surface area contributed by atoms with E-state index in [9.17, 15) is 13.6 Å². The average Bonchev–Trinajstić information content (AvgIpc) is 3.38. The zero-order valence-corrected chi connectivity index (χ0v) is 15.8. The summed E-state index contributed by atoms with van der Waals surface area (Å²) in [5.41, 5.74) is 1.89. The van der Waals surface area contributed by atoms with Crippen LogP contribution in [-0.2, 0) is 0 Å². The molecule has 8 heteroatoms. The molecule has 1 amide bonds. The van der Waals surface area contributed by atoms with Gasteiger partial charge in [-0.15, -0.1) is 0 Å². The van der Waals surface area contributed by atoms with Crippen LogP contribution >= 0.6 is 0 Å². The summed E-state index contributed by atoms with van der Waals surface area (Å²) >= 11 is 0. The number of amides is 1. The number of hydrogen-bond donors (Lipinski definition) is 2. The number of hydrogen-bond acceptors (Lipinski definition) is 4. The zero-order valence-electron chi connectivity index (χ0n) is 15.8. The highest BCUT2D eigenvalue weighted by molar-refractivity contribution is 5.94. The van der Waals surface area contributed by atoms with Gasteiger partial charge in [-0.3, -0.25) is 9.89 Å². The van der Waals surface area contributed by atoms with Gasteiger partial charge in [0, 0.05) is 30.8 Å². The van der Waals surface area contributed by atoms with E-state index in [4.69, 9.17) is 4.74 Å². The van der Waals surface area contributed by atoms with Gasteiger partial charge < -0.3 is 15.0 Å². The lowest BCUT2D eigenvalue weighted by molar-refractivity contribution is 0.0940. The maximum atomic E-state index is 13.8. The molecule has 3 aromatic rings. The van der Waals surface area contributed by atoms with Crippen molar-refractivity contribution in [3.05, 3.63) is 65.7 Å². The third-order valence-corrected chi connectivity index (χ3v) is 4.98. The lowest BCUT2D eigenvalue weighted by atomic mass is 10.1. The quantitative estimate of drug-likeness (QED) is 0.691. The van der Waals surface area contributed by atoms with Crippen molar-refractivity contribution < 1.29 is 18.3 Å². The predicted molar refractivity (Wildman–Crippen MR) is 105 cm³/mol. The number of rotatable bonds is 5. The second-order valence-corrected chi connectivity index (χ2v) is 6.90. The van der Waals surface area contributed by atoms with Crippen LogP contribution in [0.4, 0.5) is 14.6 Å². The second kappa shape index (κ2) is 7.90. The number of nitrogens with one attached hydrogen (secondary N) is 2. The van der Waals surface area contributed by atoms with E-state index < -0.39 is 5.82 Å². The molecule has 0 aliphatic carbocycles. The first-order valence-electron chi connectivity index (χ1n) is 9.24. The molecule has 2 heterocycles. The first kappa shape index (κ1) is 18.9. The summed E-state index contributed by atoms with van der Waals surface area (Å²) in [7, 11) is 1.38. The van der Waals surface area contributed by atoms with Gasteiger partial charge in [-0.2, -0.15) is 5.10 Å². The smallest absolute Gasteiger partial charge is 0.251 e. The molecular weight excluding hydrogens is 378 g/mol. The molecule has 0 unspecified atom stereocenters. The number of halogens is 2. The molecule has 1 saturated heterocycles. The third kappa shape index (κ3) is 4.06. The van der Waals surface area contributed by atoms with E-state index in [-0.39, 0.29) is 29.1 Å². The van der Waals surface area contributed by atoms with E-state index in [0.717, 1.165) is 30.0 Å². The molecule has 0 saturated carbocycles. The van der Waals surface area contributed by atoms with Gasteiger partial charge >= 0.3 is 0 Å². The Morgan fingerprint density at radius 3 is 2.72 bits per heavy atom. The number of carbonyl (C=O) groups is 1. The molecule has 0 bridgehead atoms. The molecule has 1 fully saturated rings. The molecule has 4 rings (SSSR count). The van der Waals surface area contributed by atoms with Crippen molar-refractivity contribution in [1.29, 1.82) is 0 Å². The Morgan fingerprint density at radius 2 is 2.00 bits per heavy atom. The van der Waals surface area contributed by atoms with Gasteiger partial charge in [0.05, 0.1) is 12.8 Å². The molecule has 0 radical (unpaired) electrons. The van der Waals surface area contributed by atoms with Crippen LogP contribution < -0.4 is 15.0 Å². The van der Waals surface area contributed by atoms with Gasteiger partial charge in [0.2, 0.25) is 0 Å². The molecule has 6 nitrogen and oxygen atoms in total. The molecule has 29 heavy (non-hydrogen) atoms. The van der Waals surface area contributed by atoms with Crippen LogP contribution in [0.15, 0.2) is 48.5 Å². The fourth-order valence-electron chi connectivity index (χ4n) is 3.41. The summed E-state index contributed by atoms with van der Waals surface area (Å²) in [5, 5.41) is 10.2. The summed E-state index contributed by atoms with van der Waals surface area (Å²) in [6, 6.07) is 12.1. The second-order valence-electron chi connectivity index (χ2n) is 6.90. The number of aromatic amines is 1. The van der Waals surface area contributed by atoms with E-state index in [2.05, 4.69) is 20.4 Å². The Kier molecular flexibility index (Phi) is 5.16. The first-order valence-corrected chi connectivity index (χ1v) is 9.24. The SMILES string of the molecule is COc1ccc(C(=O)N[C@@H]2CCN(c3cc(-c4ccc(F)cc4)[nH]n3)C2)cc1F. The Morgan fingerprint density at radius 1 is 1.21 bits per heavy atom. The number of nitrogens with zero attached hydrogens (tertiary/aromatic N) is 2. The number of aromatic nitrogens is 2. The monoisotopic (exact) mass is 398 g/mol. The lowest BCUT2D eigenvalue weighted by Crippen LogP contribution is -2.37. The standard InChI is InChI=1S/C21H20F2N4O2/c1-29-19-7-4-14(10-17(19)23)21(28)24-16-8-9-27(12-16)20-11-18(25-26-20)13-2-5-15(22)6-3-13/h2-7,10-11,16H,8-9,12H2,1H3,(H,24,28)(H,25,26)/t16-/m1/s1. The first-order chi connectivity index (χ1) is 14.0. The van der Waals surface area contributed by atoms with Crippen molar-refractivity contribution in [2.45, 2.75) is 12.5 Å². The van der Waals surface area contributed by atoms with Gasteiger partial charge in [0.15, 0.2) is 17.4 Å². The van der Waals surface area contributed by atoms with Crippen LogP contribution in [-0.4, -0.2) is 42.3 Å². The molecule has 1 aromatic heterocycles. The van der Waals surface area contributed by atoms with E-state index in [1.807, 2.05) is 6.07 Å². The van der Waals surface area contributed by atoms with Gasteiger partial charge in [-0.25, -0.2) is 8.78 Å². The van der Waals surface area contributed by atoms with E-state index in [1.165, 1.54) is 37.4 Å². The van der Waals surface area contributed by atoms with Gasteiger partial charge in [-0.05, 0) is 54.4 Å².